The summed E-state index contributed by atoms with van der Waals surface area (Å²) < 4.78 is 1.09. The number of carbonyl (C=O) groups excluding carboxylic acids is 1. The third-order valence-corrected chi connectivity index (χ3v) is 5.17. The maximum Gasteiger partial charge on any atom is 0.303 e. The van der Waals surface area contributed by atoms with Crippen molar-refractivity contribution in [2.45, 2.75) is 39.0 Å². The first-order valence-corrected chi connectivity index (χ1v) is 8.49. The minimum absolute atomic E-state index is 0.175. The molecule has 1 aliphatic heterocycles. The Hall–Kier alpha value is -1.36. The molecule has 0 spiro atoms. The van der Waals surface area contributed by atoms with Crippen LogP contribution in [0.4, 0.5) is 0 Å². The molecule has 1 N–H and O–H groups in total. The predicted molar refractivity (Wildman–Crippen MR) is 88.8 cm³/mol. The highest BCUT2D eigenvalue weighted by atomic mass is 79.9. The quantitative estimate of drug-likeness (QED) is 0.867. The number of aryl methyl sites for hydroxylation is 2. The van der Waals surface area contributed by atoms with Crippen LogP contribution in [0.2, 0.25) is 0 Å². The average Bonchev–Trinajstić information content (AvgIpc) is 2.48. The lowest BCUT2D eigenvalue weighted by molar-refractivity contribution is -0.138. The molecule has 1 saturated heterocycles. The van der Waals surface area contributed by atoms with E-state index in [9.17, 15) is 9.59 Å². The molecule has 1 aliphatic rings. The lowest BCUT2D eigenvalue weighted by Gasteiger charge is -2.31. The summed E-state index contributed by atoms with van der Waals surface area (Å²) in [7, 11) is 0. The van der Waals surface area contributed by atoms with E-state index in [4.69, 9.17) is 5.11 Å². The number of carboxylic acids is 1. The second kappa shape index (κ2) is 7.77. The zero-order valence-electron chi connectivity index (χ0n) is 12.8. The number of amides is 1. The largest absolute Gasteiger partial charge is 0.481 e. The van der Waals surface area contributed by atoms with Gasteiger partial charge in [0.2, 0.25) is 5.91 Å². The summed E-state index contributed by atoms with van der Waals surface area (Å²) in [4.78, 5) is 24.8. The number of carboxylic acid groups (broad SMARTS) is 1. The van der Waals surface area contributed by atoms with Crippen molar-refractivity contribution in [1.82, 2.24) is 4.90 Å². The molecular weight excluding hydrogens is 346 g/mol. The molecular formula is C17H22BrNO3. The standard InChI is InChI=1S/C17H22BrNO3/c1-12-10-13(2-4-15(12)18)3-5-16(20)19-8-6-14(7-9-19)11-17(21)22/h2,4,10,14H,3,5-9,11H2,1H3,(H,21,22). The minimum Gasteiger partial charge on any atom is -0.481 e. The first-order chi connectivity index (χ1) is 10.5. The van der Waals surface area contributed by atoms with E-state index < -0.39 is 5.97 Å². The number of likely N-dealkylation sites (tertiary alicyclic amines) is 1. The van der Waals surface area contributed by atoms with E-state index in [0.29, 0.717) is 19.5 Å². The third kappa shape index (κ3) is 4.83. The smallest absolute Gasteiger partial charge is 0.303 e. The predicted octanol–water partition coefficient (Wildman–Crippen LogP) is 3.40. The molecule has 0 unspecified atom stereocenters. The molecule has 5 heteroatoms. The Morgan fingerprint density at radius 1 is 1.32 bits per heavy atom. The Morgan fingerprint density at radius 2 is 2.00 bits per heavy atom. The Bertz CT molecular complexity index is 551. The summed E-state index contributed by atoms with van der Waals surface area (Å²) in [5, 5.41) is 8.81. The van der Waals surface area contributed by atoms with Gasteiger partial charge < -0.3 is 10.0 Å². The van der Waals surface area contributed by atoms with E-state index in [1.54, 1.807) is 0 Å². The lowest BCUT2D eigenvalue weighted by atomic mass is 9.93. The molecule has 0 bridgehead atoms. The molecule has 0 aliphatic carbocycles. The van der Waals surface area contributed by atoms with E-state index in [1.165, 1.54) is 11.1 Å². The van der Waals surface area contributed by atoms with Gasteiger partial charge in [-0.15, -0.1) is 0 Å². The molecule has 1 aromatic carbocycles. The molecule has 4 nitrogen and oxygen atoms in total. The number of hydrogen-bond acceptors (Lipinski definition) is 2. The molecule has 0 radical (unpaired) electrons. The van der Waals surface area contributed by atoms with E-state index in [1.807, 2.05) is 24.0 Å². The summed E-state index contributed by atoms with van der Waals surface area (Å²) in [5.74, 6) is -0.347. The molecule has 1 heterocycles. The zero-order valence-corrected chi connectivity index (χ0v) is 14.4. The van der Waals surface area contributed by atoms with Crippen LogP contribution in [-0.4, -0.2) is 35.0 Å². The molecule has 22 heavy (non-hydrogen) atoms. The first-order valence-electron chi connectivity index (χ1n) is 7.70. The summed E-state index contributed by atoms with van der Waals surface area (Å²) >= 11 is 3.48. The molecule has 120 valence electrons. The van der Waals surface area contributed by atoms with Crippen molar-refractivity contribution >= 4 is 27.8 Å². The number of benzene rings is 1. The number of aliphatic carboxylic acids is 1. The highest BCUT2D eigenvalue weighted by molar-refractivity contribution is 9.10. The lowest BCUT2D eigenvalue weighted by Crippen LogP contribution is -2.39. The van der Waals surface area contributed by atoms with Gasteiger partial charge in [-0.3, -0.25) is 9.59 Å². The van der Waals surface area contributed by atoms with Gasteiger partial charge in [0.15, 0.2) is 0 Å². The van der Waals surface area contributed by atoms with Crippen LogP contribution < -0.4 is 0 Å². The number of piperidine rings is 1. The van der Waals surface area contributed by atoms with Gasteiger partial charge in [-0.25, -0.2) is 0 Å². The molecule has 0 saturated carbocycles. The summed E-state index contributed by atoms with van der Waals surface area (Å²) in [5.41, 5.74) is 2.36. The highest BCUT2D eigenvalue weighted by Crippen LogP contribution is 2.22. The average molecular weight is 368 g/mol. The Labute approximate surface area is 139 Å². The monoisotopic (exact) mass is 367 g/mol. The van der Waals surface area contributed by atoms with Gasteiger partial charge in [-0.2, -0.15) is 0 Å². The van der Waals surface area contributed by atoms with Crippen molar-refractivity contribution in [1.29, 1.82) is 0 Å². The molecule has 1 aromatic rings. The zero-order chi connectivity index (χ0) is 16.1. The summed E-state index contributed by atoms with van der Waals surface area (Å²) in [6.07, 6.45) is 3.09. The minimum atomic E-state index is -0.740. The summed E-state index contributed by atoms with van der Waals surface area (Å²) in [6, 6.07) is 6.17. The van der Waals surface area contributed by atoms with E-state index in [-0.39, 0.29) is 18.2 Å². The van der Waals surface area contributed by atoms with Crippen LogP contribution in [0.1, 0.15) is 36.8 Å². The van der Waals surface area contributed by atoms with E-state index >= 15 is 0 Å². The van der Waals surface area contributed by atoms with Crippen LogP contribution in [-0.2, 0) is 16.0 Å². The molecule has 0 aromatic heterocycles. The highest BCUT2D eigenvalue weighted by Gasteiger charge is 2.23. The van der Waals surface area contributed by atoms with Crippen molar-refractivity contribution in [3.8, 4) is 0 Å². The number of nitrogens with zero attached hydrogens (tertiary/aromatic N) is 1. The van der Waals surface area contributed by atoms with Crippen molar-refractivity contribution in [2.75, 3.05) is 13.1 Å². The molecule has 1 amide bonds. The number of hydrogen-bond donors (Lipinski definition) is 1. The van der Waals surface area contributed by atoms with Crippen molar-refractivity contribution in [2.24, 2.45) is 5.92 Å². The topological polar surface area (TPSA) is 57.6 Å². The SMILES string of the molecule is Cc1cc(CCC(=O)N2CCC(CC(=O)O)CC2)ccc1Br. The van der Waals surface area contributed by atoms with Gasteiger partial charge in [0, 0.05) is 30.4 Å². The van der Waals surface area contributed by atoms with Crippen LogP contribution in [0.25, 0.3) is 0 Å². The first kappa shape index (κ1) is 17.0. The third-order valence-electron chi connectivity index (χ3n) is 4.28. The number of halogens is 1. The number of carbonyl (C=O) groups is 2. The maximum atomic E-state index is 12.3. The van der Waals surface area contributed by atoms with E-state index in [0.717, 1.165) is 23.7 Å². The van der Waals surface area contributed by atoms with Gasteiger partial charge in [-0.05, 0) is 49.3 Å². The fourth-order valence-corrected chi connectivity index (χ4v) is 3.15. The Kier molecular flexibility index (Phi) is 6.00. The maximum absolute atomic E-state index is 12.3. The van der Waals surface area contributed by atoms with Gasteiger partial charge in [-0.1, -0.05) is 28.1 Å². The van der Waals surface area contributed by atoms with Crippen LogP contribution in [0, 0.1) is 12.8 Å². The normalized spacial score (nSPS) is 15.8. The fourth-order valence-electron chi connectivity index (χ4n) is 2.91. The van der Waals surface area contributed by atoms with Crippen LogP contribution in [0.3, 0.4) is 0 Å². The second-order valence-electron chi connectivity index (χ2n) is 6.01. The van der Waals surface area contributed by atoms with Gasteiger partial charge >= 0.3 is 5.97 Å². The summed E-state index contributed by atoms with van der Waals surface area (Å²) in [6.45, 7) is 3.43. The van der Waals surface area contributed by atoms with Gasteiger partial charge in [0.05, 0.1) is 0 Å². The van der Waals surface area contributed by atoms with Crippen molar-refractivity contribution in [3.05, 3.63) is 33.8 Å². The second-order valence-corrected chi connectivity index (χ2v) is 6.86. The van der Waals surface area contributed by atoms with E-state index in [2.05, 4.69) is 22.0 Å². The fraction of sp³-hybridized carbons (Fsp3) is 0.529. The van der Waals surface area contributed by atoms with Gasteiger partial charge in [0.25, 0.3) is 0 Å². The van der Waals surface area contributed by atoms with Gasteiger partial charge in [0.1, 0.15) is 0 Å². The van der Waals surface area contributed by atoms with Crippen LogP contribution in [0.15, 0.2) is 22.7 Å². The molecule has 1 fully saturated rings. The Balaban J connectivity index is 1.78. The van der Waals surface area contributed by atoms with Crippen LogP contribution in [0.5, 0.6) is 0 Å². The van der Waals surface area contributed by atoms with Crippen molar-refractivity contribution in [3.63, 3.8) is 0 Å². The van der Waals surface area contributed by atoms with Crippen LogP contribution >= 0.6 is 15.9 Å². The van der Waals surface area contributed by atoms with Crippen molar-refractivity contribution < 1.29 is 14.7 Å². The molecule has 2 rings (SSSR count). The Morgan fingerprint density at radius 3 is 2.59 bits per heavy atom. The number of rotatable bonds is 5. The molecule has 0 atom stereocenters.